The van der Waals surface area contributed by atoms with E-state index in [1.165, 1.54) is 0 Å². The van der Waals surface area contributed by atoms with E-state index in [2.05, 4.69) is 23.3 Å². The van der Waals surface area contributed by atoms with E-state index in [0.29, 0.717) is 0 Å². The van der Waals surface area contributed by atoms with Crippen LogP contribution in [0.3, 0.4) is 0 Å². The van der Waals surface area contributed by atoms with E-state index in [9.17, 15) is 0 Å². The quantitative estimate of drug-likeness (QED) is 0.568. The summed E-state index contributed by atoms with van der Waals surface area (Å²) in [6.45, 7) is 0. The standard InChI is InChI=1S/C10H7NS/c12-9-5-1-3-8-4-2-6-11-10(8)7-9/h1-2,4-7,12H. The van der Waals surface area contributed by atoms with Gasteiger partial charge in [0.25, 0.3) is 0 Å². The molecule has 1 nitrogen and oxygen atoms in total. The summed E-state index contributed by atoms with van der Waals surface area (Å²) in [7, 11) is 0. The smallest absolute Gasteiger partial charge is 0.0790 e. The molecule has 0 aromatic carbocycles. The normalized spacial score (nSPS) is 13.6. The van der Waals surface area contributed by atoms with Crippen LogP contribution in [0.4, 0.5) is 0 Å². The highest BCUT2D eigenvalue weighted by atomic mass is 32.1. The van der Waals surface area contributed by atoms with Gasteiger partial charge in [-0.25, -0.2) is 0 Å². The Kier molecular flexibility index (Phi) is 1.86. The van der Waals surface area contributed by atoms with E-state index < -0.39 is 0 Å². The minimum absolute atomic E-state index is 0.903. The molecule has 0 radical (unpaired) electrons. The van der Waals surface area contributed by atoms with Gasteiger partial charge >= 0.3 is 0 Å². The summed E-state index contributed by atoms with van der Waals surface area (Å²) in [5.41, 5.74) is 3.11. The van der Waals surface area contributed by atoms with Gasteiger partial charge in [0.1, 0.15) is 0 Å². The first kappa shape index (κ1) is 7.41. The van der Waals surface area contributed by atoms with Crippen LogP contribution in [-0.2, 0) is 0 Å². The van der Waals surface area contributed by atoms with Gasteiger partial charge in [0.05, 0.1) is 5.35 Å². The minimum atomic E-state index is 0.903. The molecule has 0 unspecified atom stereocenters. The molecule has 0 saturated carbocycles. The third kappa shape index (κ3) is 1.35. The van der Waals surface area contributed by atoms with Gasteiger partial charge in [0.15, 0.2) is 0 Å². The van der Waals surface area contributed by atoms with Crippen LogP contribution in [0.1, 0.15) is 0 Å². The second-order valence-corrected chi connectivity index (χ2v) is 3.00. The molecule has 12 heavy (non-hydrogen) atoms. The van der Waals surface area contributed by atoms with Crippen LogP contribution < -0.4 is 10.6 Å². The molecular weight excluding hydrogens is 166 g/mol. The van der Waals surface area contributed by atoms with Gasteiger partial charge in [-0.1, -0.05) is 0 Å². The molecule has 0 saturated heterocycles. The van der Waals surface area contributed by atoms with Crippen molar-refractivity contribution in [2.75, 3.05) is 0 Å². The molecule has 2 heteroatoms. The van der Waals surface area contributed by atoms with Gasteiger partial charge in [0.2, 0.25) is 0 Å². The second-order valence-electron chi connectivity index (χ2n) is 2.48. The van der Waals surface area contributed by atoms with E-state index in [4.69, 9.17) is 0 Å². The zero-order valence-corrected chi connectivity index (χ0v) is 7.25. The van der Waals surface area contributed by atoms with Crippen LogP contribution in [0, 0.1) is 0 Å². The maximum Gasteiger partial charge on any atom is 0.0790 e. The Labute approximate surface area is 75.9 Å². The van der Waals surface area contributed by atoms with Crippen LogP contribution in [0.15, 0.2) is 35.4 Å². The highest BCUT2D eigenvalue weighted by Gasteiger charge is 1.88. The highest BCUT2D eigenvalue weighted by molar-refractivity contribution is 7.85. The number of allylic oxidation sites excluding steroid dienone is 3. The lowest BCUT2D eigenvalue weighted by Crippen LogP contribution is -2.25. The lowest BCUT2D eigenvalue weighted by molar-refractivity contribution is 1.22. The Morgan fingerprint density at radius 2 is 2.33 bits per heavy atom. The molecule has 0 N–H and O–H groups in total. The third-order valence-corrected chi connectivity index (χ3v) is 1.89. The summed E-state index contributed by atoms with van der Waals surface area (Å²) in [5.74, 6) is 0. The molecule has 1 aliphatic rings. The van der Waals surface area contributed by atoms with Crippen molar-refractivity contribution in [3.05, 3.63) is 46.0 Å². The molecule has 0 amide bonds. The van der Waals surface area contributed by atoms with Crippen molar-refractivity contribution >= 4 is 24.4 Å². The lowest BCUT2D eigenvalue weighted by atomic mass is 10.3. The van der Waals surface area contributed by atoms with Gasteiger partial charge in [-0.05, 0) is 30.4 Å². The number of thiol groups is 1. The zero-order chi connectivity index (χ0) is 8.39. The molecule has 0 spiro atoms. The molecule has 0 aliphatic heterocycles. The van der Waals surface area contributed by atoms with Crippen molar-refractivity contribution < 1.29 is 0 Å². The average molecular weight is 173 g/mol. The molecule has 1 aliphatic carbocycles. The summed E-state index contributed by atoms with van der Waals surface area (Å²) in [6.07, 6.45) is 7.44. The predicted molar refractivity (Wildman–Crippen MR) is 53.0 cm³/mol. The summed E-state index contributed by atoms with van der Waals surface area (Å²) >= 11 is 4.25. The minimum Gasteiger partial charge on any atom is -0.256 e. The molecular formula is C10H7NS. The number of rotatable bonds is 0. The number of aromatic nitrogens is 1. The average Bonchev–Trinajstić information content (AvgIpc) is 2.25. The maximum absolute atomic E-state index is 4.25. The molecule has 0 fully saturated rings. The number of pyridine rings is 1. The summed E-state index contributed by atoms with van der Waals surface area (Å²) in [4.78, 5) is 5.10. The number of hydrogen-bond acceptors (Lipinski definition) is 2. The van der Waals surface area contributed by atoms with Gasteiger partial charge in [-0.2, -0.15) is 0 Å². The van der Waals surface area contributed by atoms with Crippen molar-refractivity contribution in [2.24, 2.45) is 0 Å². The van der Waals surface area contributed by atoms with Crippen LogP contribution in [0.25, 0.3) is 11.8 Å². The molecule has 1 aromatic heterocycles. The molecule has 58 valence electrons. The fourth-order valence-corrected chi connectivity index (χ4v) is 1.26. The Morgan fingerprint density at radius 3 is 3.25 bits per heavy atom. The largest absolute Gasteiger partial charge is 0.256 e. The van der Waals surface area contributed by atoms with Crippen LogP contribution in [0.5, 0.6) is 0 Å². The van der Waals surface area contributed by atoms with Gasteiger partial charge in [-0.15, -0.1) is 18.4 Å². The van der Waals surface area contributed by atoms with E-state index in [0.717, 1.165) is 15.5 Å². The van der Waals surface area contributed by atoms with Gasteiger partial charge in [0, 0.05) is 16.3 Å². The van der Waals surface area contributed by atoms with Crippen molar-refractivity contribution in [2.45, 2.75) is 0 Å². The Hall–Kier alpha value is -1.24. The number of fused-ring (bicyclic) bond motifs is 1. The SMILES string of the molecule is SC1=CC=C=c2cccnc2=C1. The molecule has 1 aromatic rings. The van der Waals surface area contributed by atoms with Gasteiger partial charge in [-0.3, -0.25) is 4.98 Å². The Balaban J connectivity index is 2.92. The van der Waals surface area contributed by atoms with Crippen molar-refractivity contribution in [1.29, 1.82) is 0 Å². The summed E-state index contributed by atoms with van der Waals surface area (Å²) in [6, 6.07) is 3.88. The lowest BCUT2D eigenvalue weighted by Gasteiger charge is -1.86. The van der Waals surface area contributed by atoms with Gasteiger partial charge < -0.3 is 0 Å². The predicted octanol–water partition coefficient (Wildman–Crippen LogP) is 0.625. The molecule has 1 heterocycles. The van der Waals surface area contributed by atoms with Crippen LogP contribution in [0.2, 0.25) is 0 Å². The summed E-state index contributed by atoms with van der Waals surface area (Å²) < 4.78 is 0. The monoisotopic (exact) mass is 173 g/mol. The Morgan fingerprint density at radius 1 is 1.42 bits per heavy atom. The topological polar surface area (TPSA) is 12.9 Å². The second kappa shape index (κ2) is 3.02. The van der Waals surface area contributed by atoms with E-state index >= 15 is 0 Å². The summed E-state index contributed by atoms with van der Waals surface area (Å²) in [5, 5.41) is 1.94. The van der Waals surface area contributed by atoms with E-state index in [1.807, 2.05) is 30.4 Å². The first-order chi connectivity index (χ1) is 5.86. The zero-order valence-electron chi connectivity index (χ0n) is 6.36. The van der Waals surface area contributed by atoms with Crippen molar-refractivity contribution in [3.8, 4) is 0 Å². The first-order valence-corrected chi connectivity index (χ1v) is 4.10. The highest BCUT2D eigenvalue weighted by Crippen LogP contribution is 2.01. The van der Waals surface area contributed by atoms with E-state index in [1.54, 1.807) is 6.20 Å². The van der Waals surface area contributed by atoms with Crippen molar-refractivity contribution in [1.82, 2.24) is 4.98 Å². The molecule has 0 atom stereocenters. The molecule has 0 bridgehead atoms. The molecule has 2 rings (SSSR count). The third-order valence-electron chi connectivity index (χ3n) is 1.62. The Bertz CT molecular complexity index is 479. The first-order valence-electron chi connectivity index (χ1n) is 3.65. The fraction of sp³-hybridized carbons (Fsp3) is 0. The van der Waals surface area contributed by atoms with Crippen molar-refractivity contribution in [3.63, 3.8) is 0 Å². The van der Waals surface area contributed by atoms with Crippen LogP contribution in [-0.4, -0.2) is 4.98 Å². The number of hydrogen-bond donors (Lipinski definition) is 1. The maximum atomic E-state index is 4.25. The van der Waals surface area contributed by atoms with Crippen LogP contribution >= 0.6 is 12.6 Å². The fourth-order valence-electron chi connectivity index (χ4n) is 1.06. The number of nitrogens with zero attached hydrogens (tertiary/aromatic N) is 1. The van der Waals surface area contributed by atoms with E-state index in [-0.39, 0.29) is 0 Å².